The molecule has 0 nitrogen and oxygen atoms in total. The minimum atomic E-state index is 1.07. The van der Waals surface area contributed by atoms with Crippen LogP contribution in [0.25, 0.3) is 0 Å². The molecule has 1 radical (unpaired) electrons. The number of rotatable bonds is 0. The zero-order valence-electron chi connectivity index (χ0n) is 14.1. The lowest BCUT2D eigenvalue weighted by molar-refractivity contribution is 0.619. The first-order chi connectivity index (χ1) is 11.5. The van der Waals surface area contributed by atoms with Crippen LogP contribution in [0.4, 0.5) is 0 Å². The monoisotopic (exact) mass is 305 g/mol. The van der Waals surface area contributed by atoms with E-state index in [9.17, 15) is 0 Å². The Balaban J connectivity index is 2.44. The van der Waals surface area contributed by atoms with Crippen molar-refractivity contribution < 1.29 is 0 Å². The van der Waals surface area contributed by atoms with Gasteiger partial charge in [-0.3, -0.25) is 0 Å². The van der Waals surface area contributed by atoms with Crippen LogP contribution in [0.5, 0.6) is 0 Å². The fourth-order valence-corrected chi connectivity index (χ4v) is 2.11. The largest absolute Gasteiger partial charge is 0.0845 e. The van der Waals surface area contributed by atoms with Crippen LogP contribution in [0.15, 0.2) is 91.1 Å². The van der Waals surface area contributed by atoms with Gasteiger partial charge in [-0.1, -0.05) is 110 Å². The van der Waals surface area contributed by atoms with Crippen molar-refractivity contribution in [2.75, 3.05) is 0 Å². The summed E-state index contributed by atoms with van der Waals surface area (Å²) in [5.41, 5.74) is 0. The van der Waals surface area contributed by atoms with Gasteiger partial charge in [-0.05, 0) is 31.8 Å². The molecule has 0 amide bonds. The Morgan fingerprint density at radius 2 is 0.913 bits per heavy atom. The Bertz CT molecular complexity index is 444. The lowest BCUT2D eigenvalue weighted by Gasteiger charge is -1.97. The summed E-state index contributed by atoms with van der Waals surface area (Å²) in [7, 11) is 0. The Morgan fingerprint density at radius 1 is 0.435 bits per heavy atom. The van der Waals surface area contributed by atoms with E-state index in [0.717, 1.165) is 6.42 Å². The van der Waals surface area contributed by atoms with Gasteiger partial charge in [0.25, 0.3) is 0 Å². The zero-order valence-corrected chi connectivity index (χ0v) is 14.1. The molecule has 0 aliphatic heterocycles. The van der Waals surface area contributed by atoms with Crippen LogP contribution >= 0.6 is 0 Å². The van der Waals surface area contributed by atoms with E-state index in [-0.39, 0.29) is 0 Å². The van der Waals surface area contributed by atoms with Crippen molar-refractivity contribution in [3.05, 3.63) is 97.2 Å². The fraction of sp³-hybridized carbons (Fsp3) is 0.304. The molecule has 0 heteroatoms. The maximum Gasteiger partial charge on any atom is -0.0276 e. The molecule has 0 saturated heterocycles. The molecule has 0 aromatic carbocycles. The van der Waals surface area contributed by atoms with Gasteiger partial charge in [0.15, 0.2) is 0 Å². The molecular weight excluding hydrogens is 276 g/mol. The molecule has 0 bridgehead atoms. The highest BCUT2D eigenvalue weighted by atomic mass is 13.9. The first-order valence-electron chi connectivity index (χ1n) is 8.72. The quantitative estimate of drug-likeness (QED) is 0.452. The molecule has 0 fully saturated rings. The van der Waals surface area contributed by atoms with Crippen LogP contribution in [-0.2, 0) is 0 Å². The van der Waals surface area contributed by atoms with Gasteiger partial charge < -0.3 is 0 Å². The van der Waals surface area contributed by atoms with Gasteiger partial charge in [0.2, 0.25) is 0 Å². The standard InChI is InChI=1S/C23H29/c1-2-4-6-8-10-12-14-16-18-20-22-23-21-19-17-15-13-11-9-7-5-3-1/h1-15H,16,18-23H2/b2-1-,5-3+,6-4+,9-7+,10-8+,13-11+,14-12-,17-15?. The third kappa shape index (κ3) is 14.6. The van der Waals surface area contributed by atoms with Gasteiger partial charge >= 0.3 is 0 Å². The summed E-state index contributed by atoms with van der Waals surface area (Å²) in [6.45, 7) is 0. The second-order valence-electron chi connectivity index (χ2n) is 5.41. The molecular formula is C23H29. The third-order valence-corrected chi connectivity index (χ3v) is 3.38. The Hall–Kier alpha value is -2.08. The molecule has 0 saturated carbocycles. The van der Waals surface area contributed by atoms with Crippen LogP contribution in [0.3, 0.4) is 0 Å². The summed E-state index contributed by atoms with van der Waals surface area (Å²) in [5.74, 6) is 0. The molecule has 1 aliphatic carbocycles. The van der Waals surface area contributed by atoms with Crippen molar-refractivity contribution in [1.29, 1.82) is 0 Å². The van der Waals surface area contributed by atoms with Gasteiger partial charge in [0, 0.05) is 0 Å². The van der Waals surface area contributed by atoms with E-state index in [2.05, 4.69) is 30.4 Å². The van der Waals surface area contributed by atoms with Crippen molar-refractivity contribution in [2.24, 2.45) is 0 Å². The summed E-state index contributed by atoms with van der Waals surface area (Å²) in [4.78, 5) is 0. The van der Waals surface area contributed by atoms with Gasteiger partial charge in [0.05, 0.1) is 0 Å². The highest BCUT2D eigenvalue weighted by Crippen LogP contribution is 2.07. The minimum Gasteiger partial charge on any atom is -0.0845 e. The molecule has 0 unspecified atom stereocenters. The van der Waals surface area contributed by atoms with Crippen molar-refractivity contribution in [3.63, 3.8) is 0 Å². The first-order valence-corrected chi connectivity index (χ1v) is 8.72. The minimum absolute atomic E-state index is 1.07. The lowest BCUT2D eigenvalue weighted by atomic mass is 10.1. The van der Waals surface area contributed by atoms with E-state index in [1.165, 1.54) is 38.5 Å². The molecule has 121 valence electrons. The van der Waals surface area contributed by atoms with Crippen molar-refractivity contribution >= 4 is 0 Å². The van der Waals surface area contributed by atoms with E-state index in [4.69, 9.17) is 0 Å². The van der Waals surface area contributed by atoms with Crippen LogP contribution in [0.1, 0.15) is 44.9 Å². The summed E-state index contributed by atoms with van der Waals surface area (Å²) in [6, 6.07) is 0. The first kappa shape index (κ1) is 19.0. The Morgan fingerprint density at radius 3 is 1.57 bits per heavy atom. The van der Waals surface area contributed by atoms with Crippen molar-refractivity contribution in [2.45, 2.75) is 44.9 Å². The molecule has 1 rings (SSSR count). The second kappa shape index (κ2) is 16.3. The van der Waals surface area contributed by atoms with Crippen LogP contribution in [-0.4, -0.2) is 0 Å². The predicted octanol–water partition coefficient (Wildman–Crippen LogP) is 6.98. The Labute approximate surface area is 142 Å². The highest BCUT2D eigenvalue weighted by molar-refractivity contribution is 5.21. The summed E-state index contributed by atoms with van der Waals surface area (Å²) < 4.78 is 0. The van der Waals surface area contributed by atoms with Gasteiger partial charge in [-0.2, -0.15) is 0 Å². The van der Waals surface area contributed by atoms with E-state index < -0.39 is 0 Å². The van der Waals surface area contributed by atoms with Crippen LogP contribution in [0.2, 0.25) is 0 Å². The summed E-state index contributed by atoms with van der Waals surface area (Å²) >= 11 is 0. The smallest absolute Gasteiger partial charge is 0.0276 e. The van der Waals surface area contributed by atoms with Crippen molar-refractivity contribution in [3.8, 4) is 0 Å². The van der Waals surface area contributed by atoms with Crippen LogP contribution < -0.4 is 0 Å². The average Bonchev–Trinajstić information content (AvgIpc) is 2.56. The second-order valence-corrected chi connectivity index (χ2v) is 5.41. The maximum absolute atomic E-state index is 3.33. The fourth-order valence-electron chi connectivity index (χ4n) is 2.11. The topological polar surface area (TPSA) is 0 Å². The molecule has 0 aromatic rings. The van der Waals surface area contributed by atoms with Gasteiger partial charge in [0.1, 0.15) is 0 Å². The molecule has 0 heterocycles. The SMILES string of the molecule is [C]1=C/C=C/C=C/C=C/C=C\C=C\C=C\C=C/CCCCCCC/1. The van der Waals surface area contributed by atoms with E-state index in [0.29, 0.717) is 0 Å². The number of allylic oxidation sites excluding steroid dienone is 16. The number of hydrogen-bond acceptors (Lipinski definition) is 0. The molecule has 23 heavy (non-hydrogen) atoms. The van der Waals surface area contributed by atoms with Gasteiger partial charge in [-0.25, -0.2) is 0 Å². The molecule has 0 aromatic heterocycles. The van der Waals surface area contributed by atoms with Crippen molar-refractivity contribution in [1.82, 2.24) is 0 Å². The molecule has 0 N–H and O–H groups in total. The molecule has 0 atom stereocenters. The van der Waals surface area contributed by atoms with E-state index in [1.807, 2.05) is 66.8 Å². The summed E-state index contributed by atoms with van der Waals surface area (Å²) in [5, 5.41) is 0. The summed E-state index contributed by atoms with van der Waals surface area (Å²) in [6.07, 6.45) is 43.0. The zero-order chi connectivity index (χ0) is 16.3. The Kier molecular flexibility index (Phi) is 13.4. The predicted molar refractivity (Wildman–Crippen MR) is 104 cm³/mol. The molecule has 0 spiro atoms. The van der Waals surface area contributed by atoms with Gasteiger partial charge in [-0.15, -0.1) is 0 Å². The van der Waals surface area contributed by atoms with E-state index >= 15 is 0 Å². The third-order valence-electron chi connectivity index (χ3n) is 3.38. The normalized spacial score (nSPS) is 29.6. The average molecular weight is 305 g/mol. The van der Waals surface area contributed by atoms with Crippen LogP contribution in [0, 0.1) is 6.08 Å². The highest BCUT2D eigenvalue weighted by Gasteiger charge is 1.88. The lowest BCUT2D eigenvalue weighted by Crippen LogP contribution is -1.78. The van der Waals surface area contributed by atoms with E-state index in [1.54, 1.807) is 0 Å². The molecule has 1 aliphatic rings. The maximum atomic E-state index is 3.33. The number of hydrogen-bond donors (Lipinski definition) is 0.